The Morgan fingerprint density at radius 3 is 2.52 bits per heavy atom. The Labute approximate surface area is 183 Å². The molecule has 0 spiro atoms. The highest BCUT2D eigenvalue weighted by Crippen LogP contribution is 2.21. The van der Waals surface area contributed by atoms with E-state index in [-0.39, 0.29) is 23.8 Å². The number of rotatable bonds is 6. The minimum atomic E-state index is -0.599. The van der Waals surface area contributed by atoms with Crippen molar-refractivity contribution in [2.45, 2.75) is 40.7 Å². The van der Waals surface area contributed by atoms with Crippen LogP contribution in [-0.2, 0) is 16.1 Å². The molecular weight excluding hydrogens is 431 g/mol. The Bertz CT molecular complexity index is 1090. The van der Waals surface area contributed by atoms with Crippen molar-refractivity contribution in [3.63, 3.8) is 0 Å². The highest BCUT2D eigenvalue weighted by atomic mass is 35.5. The lowest BCUT2D eigenvalue weighted by Gasteiger charge is -2.12. The molecular formula is C21H24Cl2N2O3S. The second kappa shape index (κ2) is 9.74. The standard InChI is InChI=1S/C21H24Cl2N2O3S/c1-5-8-24-18(27)12-25-19(11-17(26)21(2,3)4)29-16(20(25)28)9-13-6-7-14(22)10-15(13)23/h6-7,9-11H,5,8,12H2,1-4H3,(H,24,27). The van der Waals surface area contributed by atoms with Crippen molar-refractivity contribution >= 4 is 58.4 Å². The number of benzene rings is 1. The molecule has 0 unspecified atom stereocenters. The molecule has 0 aliphatic heterocycles. The van der Waals surface area contributed by atoms with E-state index < -0.39 is 5.41 Å². The van der Waals surface area contributed by atoms with Crippen LogP contribution in [0.15, 0.2) is 23.0 Å². The minimum Gasteiger partial charge on any atom is -0.355 e. The van der Waals surface area contributed by atoms with Gasteiger partial charge in [-0.2, -0.15) is 0 Å². The van der Waals surface area contributed by atoms with Gasteiger partial charge in [0.2, 0.25) is 5.91 Å². The van der Waals surface area contributed by atoms with Gasteiger partial charge in [-0.05, 0) is 30.2 Å². The predicted molar refractivity (Wildman–Crippen MR) is 120 cm³/mol. The summed E-state index contributed by atoms with van der Waals surface area (Å²) < 4.78 is 2.14. The number of Topliss-reactive ketones (excluding diaryl/α,β-unsaturated/α-hetero) is 1. The topological polar surface area (TPSA) is 68.2 Å². The molecule has 2 aromatic rings. The molecule has 0 aliphatic carbocycles. The van der Waals surface area contributed by atoms with Crippen molar-refractivity contribution in [1.82, 2.24) is 9.88 Å². The van der Waals surface area contributed by atoms with E-state index in [0.29, 0.717) is 31.3 Å². The average molecular weight is 455 g/mol. The SMILES string of the molecule is CCCNC(=O)Cn1c(=CC(=O)C(C)(C)C)sc(=Cc2ccc(Cl)cc2Cl)c1=O. The number of carbonyl (C=O) groups excluding carboxylic acids is 2. The number of amides is 1. The molecule has 1 amide bonds. The summed E-state index contributed by atoms with van der Waals surface area (Å²) in [6.45, 7) is 7.72. The lowest BCUT2D eigenvalue weighted by atomic mass is 9.91. The van der Waals surface area contributed by atoms with Gasteiger partial charge < -0.3 is 5.32 Å². The van der Waals surface area contributed by atoms with E-state index in [0.717, 1.165) is 17.8 Å². The summed E-state index contributed by atoms with van der Waals surface area (Å²) in [4.78, 5) is 37.7. The number of halogens is 2. The van der Waals surface area contributed by atoms with Crippen molar-refractivity contribution in [3.8, 4) is 0 Å². The lowest BCUT2D eigenvalue weighted by Crippen LogP contribution is -2.38. The molecule has 0 bridgehead atoms. The summed E-state index contributed by atoms with van der Waals surface area (Å²) in [6.07, 6.45) is 3.87. The molecule has 1 aromatic heterocycles. The Balaban J connectivity index is 2.63. The van der Waals surface area contributed by atoms with Gasteiger partial charge in [0.05, 0.1) is 4.53 Å². The van der Waals surface area contributed by atoms with Crippen LogP contribution in [0.3, 0.4) is 0 Å². The number of nitrogens with zero attached hydrogens (tertiary/aromatic N) is 1. The molecule has 8 heteroatoms. The van der Waals surface area contributed by atoms with E-state index in [1.54, 1.807) is 45.0 Å². The van der Waals surface area contributed by atoms with Crippen LogP contribution in [-0.4, -0.2) is 22.8 Å². The fourth-order valence-electron chi connectivity index (χ4n) is 2.35. The third kappa shape index (κ3) is 6.29. The summed E-state index contributed by atoms with van der Waals surface area (Å²) in [7, 11) is 0. The molecule has 5 nitrogen and oxygen atoms in total. The van der Waals surface area contributed by atoms with Gasteiger partial charge >= 0.3 is 0 Å². The van der Waals surface area contributed by atoms with Crippen molar-refractivity contribution in [2.24, 2.45) is 5.41 Å². The van der Waals surface area contributed by atoms with Crippen LogP contribution >= 0.6 is 34.5 Å². The highest BCUT2D eigenvalue weighted by molar-refractivity contribution is 7.07. The Hall–Kier alpha value is -1.89. The van der Waals surface area contributed by atoms with Gasteiger partial charge in [-0.25, -0.2) is 0 Å². The molecule has 0 atom stereocenters. The molecule has 1 heterocycles. The Morgan fingerprint density at radius 2 is 1.93 bits per heavy atom. The predicted octanol–water partition coefficient (Wildman–Crippen LogP) is 2.97. The second-order valence-corrected chi connectivity index (χ2v) is 9.52. The third-order valence-corrected chi connectivity index (χ3v) is 5.68. The minimum absolute atomic E-state index is 0.127. The molecule has 1 N–H and O–H groups in total. The molecule has 1 aromatic carbocycles. The van der Waals surface area contributed by atoms with Crippen molar-refractivity contribution in [1.29, 1.82) is 0 Å². The van der Waals surface area contributed by atoms with Crippen LogP contribution in [0.25, 0.3) is 12.2 Å². The van der Waals surface area contributed by atoms with Gasteiger partial charge in [0.25, 0.3) is 5.56 Å². The average Bonchev–Trinajstić information content (AvgIpc) is 2.90. The molecule has 0 saturated carbocycles. The van der Waals surface area contributed by atoms with Gasteiger partial charge in [-0.15, -0.1) is 11.3 Å². The molecule has 0 aliphatic rings. The number of nitrogens with one attached hydrogen (secondary N) is 1. The van der Waals surface area contributed by atoms with Crippen LogP contribution in [0.2, 0.25) is 10.0 Å². The van der Waals surface area contributed by atoms with Crippen LogP contribution in [0, 0.1) is 5.41 Å². The van der Waals surface area contributed by atoms with Crippen LogP contribution in [0.5, 0.6) is 0 Å². The van der Waals surface area contributed by atoms with Crippen molar-refractivity contribution < 1.29 is 9.59 Å². The zero-order valence-electron chi connectivity index (χ0n) is 16.8. The smallest absolute Gasteiger partial charge is 0.269 e. The van der Waals surface area contributed by atoms with E-state index in [2.05, 4.69) is 5.32 Å². The normalized spacial score (nSPS) is 13.0. The van der Waals surface area contributed by atoms with Crippen molar-refractivity contribution in [2.75, 3.05) is 6.54 Å². The van der Waals surface area contributed by atoms with Crippen LogP contribution in [0.1, 0.15) is 39.7 Å². The number of ketones is 1. The first-order valence-electron chi connectivity index (χ1n) is 9.22. The van der Waals surface area contributed by atoms with Gasteiger partial charge in [-0.1, -0.05) is 57.0 Å². The van der Waals surface area contributed by atoms with E-state index in [4.69, 9.17) is 23.2 Å². The summed E-state index contributed by atoms with van der Waals surface area (Å²) in [5.41, 5.74) is -0.315. The van der Waals surface area contributed by atoms with Crippen LogP contribution < -0.4 is 20.1 Å². The molecule has 156 valence electrons. The lowest BCUT2D eigenvalue weighted by molar-refractivity contribution is -0.122. The number of aromatic nitrogens is 1. The molecule has 29 heavy (non-hydrogen) atoms. The fraction of sp³-hybridized carbons (Fsp3) is 0.381. The first kappa shape index (κ1) is 23.4. The zero-order valence-corrected chi connectivity index (χ0v) is 19.2. The molecule has 0 radical (unpaired) electrons. The maximum absolute atomic E-state index is 13.0. The van der Waals surface area contributed by atoms with Crippen molar-refractivity contribution in [3.05, 3.63) is 53.4 Å². The first-order valence-corrected chi connectivity index (χ1v) is 10.8. The molecule has 2 rings (SSSR count). The molecule has 0 saturated heterocycles. The number of hydrogen-bond acceptors (Lipinski definition) is 4. The van der Waals surface area contributed by atoms with Gasteiger partial charge in [0, 0.05) is 28.1 Å². The number of carbonyl (C=O) groups is 2. The van der Waals surface area contributed by atoms with Gasteiger partial charge in [0.15, 0.2) is 5.78 Å². The quantitative estimate of drug-likeness (QED) is 0.729. The maximum atomic E-state index is 13.0. The van der Waals surface area contributed by atoms with Gasteiger partial charge in [-0.3, -0.25) is 19.0 Å². The number of thiazole rings is 1. The fourth-order valence-corrected chi connectivity index (χ4v) is 3.84. The Morgan fingerprint density at radius 1 is 1.24 bits per heavy atom. The summed E-state index contributed by atoms with van der Waals surface area (Å²) in [6, 6.07) is 4.99. The third-order valence-electron chi connectivity index (χ3n) is 4.05. The van der Waals surface area contributed by atoms with Gasteiger partial charge in [0.1, 0.15) is 11.2 Å². The second-order valence-electron chi connectivity index (χ2n) is 7.61. The maximum Gasteiger partial charge on any atom is 0.269 e. The highest BCUT2D eigenvalue weighted by Gasteiger charge is 2.20. The first-order chi connectivity index (χ1) is 13.5. The monoisotopic (exact) mass is 454 g/mol. The van der Waals surface area contributed by atoms with E-state index in [9.17, 15) is 14.4 Å². The summed E-state index contributed by atoms with van der Waals surface area (Å²) in [5, 5.41) is 3.66. The largest absolute Gasteiger partial charge is 0.355 e. The summed E-state index contributed by atoms with van der Waals surface area (Å²) in [5.74, 6) is -0.404. The number of hydrogen-bond donors (Lipinski definition) is 1. The Kier molecular flexibility index (Phi) is 7.86. The van der Waals surface area contributed by atoms with E-state index in [1.165, 1.54) is 10.6 Å². The van der Waals surface area contributed by atoms with Crippen LogP contribution in [0.4, 0.5) is 0 Å². The summed E-state index contributed by atoms with van der Waals surface area (Å²) >= 11 is 13.3. The van der Waals surface area contributed by atoms with E-state index in [1.807, 2.05) is 6.92 Å². The zero-order chi connectivity index (χ0) is 21.8. The molecule has 0 fully saturated rings. The van der Waals surface area contributed by atoms with E-state index >= 15 is 0 Å².